The smallest absolute Gasteiger partial charge is 0.0468 e. The number of hydrogen-bond donors (Lipinski definition) is 0. The lowest BCUT2D eigenvalue weighted by atomic mass is 9.96. The fourth-order valence-corrected chi connectivity index (χ4v) is 1.91. The average Bonchev–Trinajstić information content (AvgIpc) is 2.02. The summed E-state index contributed by atoms with van der Waals surface area (Å²) >= 11 is 3.54. The van der Waals surface area contributed by atoms with Crippen molar-refractivity contribution in [3.05, 3.63) is 0 Å². The summed E-state index contributed by atoms with van der Waals surface area (Å²) in [7, 11) is 0. The van der Waals surface area contributed by atoms with E-state index in [-0.39, 0.29) is 0 Å². The van der Waals surface area contributed by atoms with E-state index in [0.717, 1.165) is 30.4 Å². The largest absolute Gasteiger partial charge is 0.382 e. The summed E-state index contributed by atoms with van der Waals surface area (Å²) in [6.45, 7) is 8.36. The molecule has 0 aromatic heterocycles. The fourth-order valence-electron chi connectivity index (χ4n) is 1.32. The molecule has 0 saturated carbocycles. The van der Waals surface area contributed by atoms with Crippen molar-refractivity contribution >= 4 is 15.9 Å². The van der Waals surface area contributed by atoms with Gasteiger partial charge in [-0.2, -0.15) is 0 Å². The fraction of sp³-hybridized carbons (Fsp3) is 1.00. The molecule has 0 aliphatic carbocycles. The summed E-state index contributed by atoms with van der Waals surface area (Å²) in [6, 6.07) is 0. The summed E-state index contributed by atoms with van der Waals surface area (Å²) in [5.74, 6) is 1.59. The third kappa shape index (κ3) is 7.11. The molecule has 1 atom stereocenters. The molecule has 0 rings (SSSR count). The minimum Gasteiger partial charge on any atom is -0.382 e. The molecule has 0 aliphatic heterocycles. The number of ether oxygens (including phenoxy) is 1. The maximum Gasteiger partial charge on any atom is 0.0468 e. The van der Waals surface area contributed by atoms with Crippen molar-refractivity contribution in [2.24, 2.45) is 11.8 Å². The van der Waals surface area contributed by atoms with E-state index in [2.05, 4.69) is 29.8 Å². The van der Waals surface area contributed by atoms with Crippen LogP contribution < -0.4 is 0 Å². The number of alkyl halides is 1. The van der Waals surface area contributed by atoms with Crippen LogP contribution in [0, 0.1) is 11.8 Å². The van der Waals surface area contributed by atoms with E-state index < -0.39 is 0 Å². The first kappa shape index (κ1) is 12.4. The van der Waals surface area contributed by atoms with E-state index in [1.165, 1.54) is 12.8 Å². The number of halogens is 1. The summed E-state index contributed by atoms with van der Waals surface area (Å²) in [4.78, 5) is 0. The van der Waals surface area contributed by atoms with Gasteiger partial charge in [0.1, 0.15) is 0 Å². The maximum atomic E-state index is 5.33. The molecule has 0 saturated heterocycles. The highest BCUT2D eigenvalue weighted by atomic mass is 79.9. The zero-order valence-corrected chi connectivity index (χ0v) is 10.1. The van der Waals surface area contributed by atoms with Crippen molar-refractivity contribution in [1.29, 1.82) is 0 Å². The Bertz CT molecular complexity index is 93.8. The Balaban J connectivity index is 3.39. The van der Waals surface area contributed by atoms with Crippen LogP contribution in [0.2, 0.25) is 0 Å². The predicted molar refractivity (Wildman–Crippen MR) is 57.8 cm³/mol. The van der Waals surface area contributed by atoms with E-state index in [9.17, 15) is 0 Å². The highest BCUT2D eigenvalue weighted by Crippen LogP contribution is 2.17. The summed E-state index contributed by atoms with van der Waals surface area (Å²) in [5, 5.41) is 1.11. The van der Waals surface area contributed by atoms with Gasteiger partial charge in [-0.3, -0.25) is 0 Å². The highest BCUT2D eigenvalue weighted by molar-refractivity contribution is 9.09. The third-order valence-electron chi connectivity index (χ3n) is 1.90. The van der Waals surface area contributed by atoms with Gasteiger partial charge in [0.05, 0.1) is 0 Å². The summed E-state index contributed by atoms with van der Waals surface area (Å²) in [6.07, 6.45) is 2.50. The van der Waals surface area contributed by atoms with Gasteiger partial charge in [-0.25, -0.2) is 0 Å². The predicted octanol–water partition coefficient (Wildman–Crippen LogP) is 3.47. The molecular formula is C10H21BrO. The Labute approximate surface area is 85.0 Å². The highest BCUT2D eigenvalue weighted by Gasteiger charge is 2.08. The number of hydrogen-bond acceptors (Lipinski definition) is 1. The van der Waals surface area contributed by atoms with Crippen LogP contribution in [0.4, 0.5) is 0 Å². The molecule has 1 unspecified atom stereocenters. The first-order chi connectivity index (χ1) is 5.70. The van der Waals surface area contributed by atoms with Crippen molar-refractivity contribution < 1.29 is 4.74 Å². The van der Waals surface area contributed by atoms with Crippen LogP contribution in [0.3, 0.4) is 0 Å². The van der Waals surface area contributed by atoms with Gasteiger partial charge < -0.3 is 4.74 Å². The van der Waals surface area contributed by atoms with Gasteiger partial charge in [-0.05, 0) is 31.6 Å². The monoisotopic (exact) mass is 236 g/mol. The van der Waals surface area contributed by atoms with Gasteiger partial charge in [0, 0.05) is 18.5 Å². The molecular weight excluding hydrogens is 216 g/mol. The van der Waals surface area contributed by atoms with Gasteiger partial charge in [-0.15, -0.1) is 0 Å². The van der Waals surface area contributed by atoms with E-state index in [1.807, 2.05) is 6.92 Å². The molecule has 1 nitrogen and oxygen atoms in total. The molecule has 2 heteroatoms. The van der Waals surface area contributed by atoms with E-state index in [4.69, 9.17) is 4.74 Å². The maximum absolute atomic E-state index is 5.33. The zero-order valence-electron chi connectivity index (χ0n) is 8.48. The second-order valence-corrected chi connectivity index (χ2v) is 4.28. The lowest BCUT2D eigenvalue weighted by molar-refractivity contribution is 0.132. The lowest BCUT2D eigenvalue weighted by Crippen LogP contribution is -2.09. The van der Waals surface area contributed by atoms with Crippen LogP contribution in [-0.4, -0.2) is 18.5 Å². The van der Waals surface area contributed by atoms with Crippen LogP contribution >= 0.6 is 15.9 Å². The second-order valence-electron chi connectivity index (χ2n) is 3.64. The minimum absolute atomic E-state index is 0.788. The van der Waals surface area contributed by atoms with Crippen LogP contribution in [0.1, 0.15) is 33.6 Å². The van der Waals surface area contributed by atoms with Gasteiger partial charge in [0.2, 0.25) is 0 Å². The SMILES string of the molecule is CCOCCC(CBr)CC(C)C. The molecule has 0 bridgehead atoms. The quantitative estimate of drug-likeness (QED) is 0.486. The van der Waals surface area contributed by atoms with Crippen LogP contribution in [-0.2, 0) is 4.74 Å². The van der Waals surface area contributed by atoms with Crippen LogP contribution in [0.25, 0.3) is 0 Å². The Kier molecular flexibility index (Phi) is 8.35. The van der Waals surface area contributed by atoms with Gasteiger partial charge in [0.25, 0.3) is 0 Å². The topological polar surface area (TPSA) is 9.23 Å². The molecule has 74 valence electrons. The molecule has 0 aliphatic rings. The molecule has 0 N–H and O–H groups in total. The average molecular weight is 237 g/mol. The van der Waals surface area contributed by atoms with Crippen molar-refractivity contribution in [3.8, 4) is 0 Å². The normalized spacial score (nSPS) is 13.8. The summed E-state index contributed by atoms with van der Waals surface area (Å²) < 4.78 is 5.33. The second kappa shape index (κ2) is 8.06. The van der Waals surface area contributed by atoms with Crippen LogP contribution in [0.15, 0.2) is 0 Å². The van der Waals surface area contributed by atoms with Gasteiger partial charge in [0.15, 0.2) is 0 Å². The Morgan fingerprint density at radius 2 is 2.00 bits per heavy atom. The summed E-state index contributed by atoms with van der Waals surface area (Å²) in [5.41, 5.74) is 0. The van der Waals surface area contributed by atoms with E-state index >= 15 is 0 Å². The Morgan fingerprint density at radius 3 is 2.42 bits per heavy atom. The van der Waals surface area contributed by atoms with E-state index in [0.29, 0.717) is 0 Å². The van der Waals surface area contributed by atoms with Crippen molar-refractivity contribution in [1.82, 2.24) is 0 Å². The first-order valence-electron chi connectivity index (χ1n) is 4.84. The molecule has 0 amide bonds. The van der Waals surface area contributed by atoms with Crippen molar-refractivity contribution in [3.63, 3.8) is 0 Å². The molecule has 12 heavy (non-hydrogen) atoms. The van der Waals surface area contributed by atoms with Gasteiger partial charge in [-0.1, -0.05) is 29.8 Å². The first-order valence-corrected chi connectivity index (χ1v) is 5.96. The molecule has 0 radical (unpaired) electrons. The van der Waals surface area contributed by atoms with E-state index in [1.54, 1.807) is 0 Å². The lowest BCUT2D eigenvalue weighted by Gasteiger charge is -2.15. The third-order valence-corrected chi connectivity index (χ3v) is 2.81. The van der Waals surface area contributed by atoms with Crippen LogP contribution in [0.5, 0.6) is 0 Å². The molecule has 0 aromatic rings. The zero-order chi connectivity index (χ0) is 9.40. The number of rotatable bonds is 7. The van der Waals surface area contributed by atoms with Crippen molar-refractivity contribution in [2.45, 2.75) is 33.6 Å². The van der Waals surface area contributed by atoms with Crippen molar-refractivity contribution in [2.75, 3.05) is 18.5 Å². The Morgan fingerprint density at radius 1 is 1.33 bits per heavy atom. The van der Waals surface area contributed by atoms with Gasteiger partial charge >= 0.3 is 0 Å². The Hall–Kier alpha value is 0.440. The molecule has 0 spiro atoms. The standard InChI is InChI=1S/C10H21BrO/c1-4-12-6-5-10(8-11)7-9(2)3/h9-10H,4-8H2,1-3H3. The molecule has 0 aromatic carbocycles. The molecule has 0 fully saturated rings. The minimum atomic E-state index is 0.788. The molecule has 0 heterocycles.